The van der Waals surface area contributed by atoms with E-state index in [0.29, 0.717) is 11.7 Å². The minimum absolute atomic E-state index is 0.238. The first-order valence-electron chi connectivity index (χ1n) is 5.37. The molecule has 1 nitrogen and oxygen atoms in total. The van der Waals surface area contributed by atoms with E-state index >= 15 is 0 Å². The largest absolute Gasteiger partial charge is 0.295 e. The quantitative estimate of drug-likeness (QED) is 0.557. The molecule has 2 aliphatic carbocycles. The molecule has 0 radical (unpaired) electrons. The summed E-state index contributed by atoms with van der Waals surface area (Å²) in [5, 5.41) is 0. The summed E-state index contributed by atoms with van der Waals surface area (Å²) in [6.07, 6.45) is 7.80. The molecular formula is C12H18O. The van der Waals surface area contributed by atoms with E-state index in [1.807, 2.05) is 0 Å². The summed E-state index contributed by atoms with van der Waals surface area (Å²) in [4.78, 5) is 11.7. The van der Waals surface area contributed by atoms with Crippen LogP contribution < -0.4 is 0 Å². The van der Waals surface area contributed by atoms with Crippen LogP contribution in [0.15, 0.2) is 11.6 Å². The van der Waals surface area contributed by atoms with E-state index in [1.165, 1.54) is 19.3 Å². The minimum atomic E-state index is 0.238. The second kappa shape index (κ2) is 2.97. The van der Waals surface area contributed by atoms with E-state index in [2.05, 4.69) is 19.9 Å². The first kappa shape index (κ1) is 8.98. The van der Waals surface area contributed by atoms with Gasteiger partial charge in [0.05, 0.1) is 0 Å². The lowest BCUT2D eigenvalue weighted by Gasteiger charge is -2.39. The number of fused-ring (bicyclic) bond motifs is 1. The lowest BCUT2D eigenvalue weighted by atomic mass is 9.64. The van der Waals surface area contributed by atoms with Gasteiger partial charge in [-0.15, -0.1) is 0 Å². The monoisotopic (exact) mass is 178 g/mol. The average Bonchev–Trinajstić information content (AvgIpc) is 2.08. The zero-order valence-electron chi connectivity index (χ0n) is 8.60. The SMILES string of the molecule is CC1C=C2C(=O)CCC[C@@]2(C)CC1. The molecule has 2 rings (SSSR count). The molecular weight excluding hydrogens is 160 g/mol. The van der Waals surface area contributed by atoms with Gasteiger partial charge in [0.1, 0.15) is 0 Å². The Morgan fingerprint density at radius 3 is 3.00 bits per heavy atom. The fraction of sp³-hybridized carbons (Fsp3) is 0.750. The molecule has 0 saturated heterocycles. The first-order chi connectivity index (χ1) is 6.12. The van der Waals surface area contributed by atoms with Gasteiger partial charge in [0.15, 0.2) is 5.78 Å². The van der Waals surface area contributed by atoms with Gasteiger partial charge in [-0.3, -0.25) is 4.79 Å². The van der Waals surface area contributed by atoms with Gasteiger partial charge >= 0.3 is 0 Å². The number of carbonyl (C=O) groups is 1. The third kappa shape index (κ3) is 1.45. The molecule has 0 aromatic carbocycles. The molecule has 0 spiro atoms. The van der Waals surface area contributed by atoms with Crippen molar-refractivity contribution in [1.82, 2.24) is 0 Å². The lowest BCUT2D eigenvalue weighted by Crippen LogP contribution is -2.32. The van der Waals surface area contributed by atoms with E-state index in [-0.39, 0.29) is 5.41 Å². The van der Waals surface area contributed by atoms with Crippen molar-refractivity contribution >= 4 is 5.78 Å². The zero-order valence-corrected chi connectivity index (χ0v) is 8.60. The molecule has 0 aromatic rings. The van der Waals surface area contributed by atoms with Crippen molar-refractivity contribution in [2.45, 2.75) is 46.0 Å². The van der Waals surface area contributed by atoms with E-state index in [4.69, 9.17) is 0 Å². The van der Waals surface area contributed by atoms with E-state index in [0.717, 1.165) is 18.4 Å². The Bertz CT molecular complexity index is 264. The van der Waals surface area contributed by atoms with Crippen molar-refractivity contribution in [3.8, 4) is 0 Å². The molecule has 2 aliphatic rings. The second-order valence-electron chi connectivity index (χ2n) is 4.93. The van der Waals surface area contributed by atoms with Gasteiger partial charge < -0.3 is 0 Å². The molecule has 1 unspecified atom stereocenters. The van der Waals surface area contributed by atoms with E-state index < -0.39 is 0 Å². The van der Waals surface area contributed by atoms with Crippen molar-refractivity contribution < 1.29 is 4.79 Å². The first-order valence-corrected chi connectivity index (χ1v) is 5.37. The Hall–Kier alpha value is -0.590. The van der Waals surface area contributed by atoms with Gasteiger partial charge in [-0.2, -0.15) is 0 Å². The molecule has 72 valence electrons. The third-order valence-corrected chi connectivity index (χ3v) is 3.69. The highest BCUT2D eigenvalue weighted by Gasteiger charge is 2.38. The maximum absolute atomic E-state index is 11.7. The maximum Gasteiger partial charge on any atom is 0.159 e. The smallest absolute Gasteiger partial charge is 0.159 e. The summed E-state index contributed by atoms with van der Waals surface area (Å²) in [6.45, 7) is 4.48. The van der Waals surface area contributed by atoms with Crippen LogP contribution in [0.4, 0.5) is 0 Å². The summed E-state index contributed by atoms with van der Waals surface area (Å²) in [6, 6.07) is 0. The molecule has 0 bridgehead atoms. The standard InChI is InChI=1S/C12H18O/c1-9-5-7-12(2)6-3-4-11(13)10(12)8-9/h8-9H,3-7H2,1-2H3/t9?,12-/m0/s1. The summed E-state index contributed by atoms with van der Waals surface area (Å²) < 4.78 is 0. The summed E-state index contributed by atoms with van der Waals surface area (Å²) in [7, 11) is 0. The van der Waals surface area contributed by atoms with Crippen LogP contribution in [0.3, 0.4) is 0 Å². The van der Waals surface area contributed by atoms with Crippen molar-refractivity contribution in [2.75, 3.05) is 0 Å². The van der Waals surface area contributed by atoms with Crippen LogP contribution in [0.5, 0.6) is 0 Å². The zero-order chi connectivity index (χ0) is 9.47. The number of hydrogen-bond acceptors (Lipinski definition) is 1. The third-order valence-electron chi connectivity index (χ3n) is 3.69. The van der Waals surface area contributed by atoms with E-state index in [1.54, 1.807) is 0 Å². The van der Waals surface area contributed by atoms with Gasteiger partial charge in [0, 0.05) is 6.42 Å². The molecule has 1 fully saturated rings. The normalized spacial score (nSPS) is 39.7. The highest BCUT2D eigenvalue weighted by atomic mass is 16.1. The molecule has 0 aliphatic heterocycles. The number of ketones is 1. The molecule has 0 heterocycles. The second-order valence-corrected chi connectivity index (χ2v) is 4.93. The van der Waals surface area contributed by atoms with Crippen LogP contribution in [0, 0.1) is 11.3 Å². The number of Topliss-reactive ketones (excluding diaryl/α,β-unsaturated/α-hetero) is 1. The minimum Gasteiger partial charge on any atom is -0.295 e. The Morgan fingerprint density at radius 1 is 1.46 bits per heavy atom. The van der Waals surface area contributed by atoms with Crippen LogP contribution in [0.1, 0.15) is 46.0 Å². The summed E-state index contributed by atoms with van der Waals surface area (Å²) in [5.41, 5.74) is 1.39. The Kier molecular flexibility index (Phi) is 2.05. The topological polar surface area (TPSA) is 17.1 Å². The van der Waals surface area contributed by atoms with E-state index in [9.17, 15) is 4.79 Å². The van der Waals surface area contributed by atoms with Crippen LogP contribution in [-0.4, -0.2) is 5.78 Å². The van der Waals surface area contributed by atoms with Gasteiger partial charge in [0.25, 0.3) is 0 Å². The van der Waals surface area contributed by atoms with Gasteiger partial charge in [0.2, 0.25) is 0 Å². The number of hydrogen-bond donors (Lipinski definition) is 0. The van der Waals surface area contributed by atoms with Gasteiger partial charge in [-0.05, 0) is 42.6 Å². The molecule has 0 amide bonds. The predicted molar refractivity (Wildman–Crippen MR) is 53.4 cm³/mol. The molecule has 0 aromatic heterocycles. The average molecular weight is 178 g/mol. The fourth-order valence-electron chi connectivity index (χ4n) is 2.71. The van der Waals surface area contributed by atoms with Crippen molar-refractivity contribution in [3.63, 3.8) is 0 Å². The van der Waals surface area contributed by atoms with Crippen molar-refractivity contribution in [3.05, 3.63) is 11.6 Å². The number of rotatable bonds is 0. The molecule has 2 atom stereocenters. The highest BCUT2D eigenvalue weighted by molar-refractivity contribution is 5.97. The van der Waals surface area contributed by atoms with Crippen molar-refractivity contribution in [2.24, 2.45) is 11.3 Å². The fourth-order valence-corrected chi connectivity index (χ4v) is 2.71. The van der Waals surface area contributed by atoms with Crippen LogP contribution in [0.25, 0.3) is 0 Å². The van der Waals surface area contributed by atoms with Gasteiger partial charge in [-0.25, -0.2) is 0 Å². The Labute approximate surface area is 80.2 Å². The predicted octanol–water partition coefficient (Wildman–Crippen LogP) is 3.10. The summed E-state index contributed by atoms with van der Waals surface area (Å²) in [5.74, 6) is 1.03. The number of allylic oxidation sites excluding steroid dienone is 2. The van der Waals surface area contributed by atoms with Gasteiger partial charge in [-0.1, -0.05) is 19.9 Å². The summed E-state index contributed by atoms with van der Waals surface area (Å²) >= 11 is 0. The maximum atomic E-state index is 11.7. The van der Waals surface area contributed by atoms with Crippen LogP contribution >= 0.6 is 0 Å². The molecule has 1 heteroatoms. The number of carbonyl (C=O) groups excluding carboxylic acids is 1. The molecule has 1 saturated carbocycles. The van der Waals surface area contributed by atoms with Crippen molar-refractivity contribution in [1.29, 1.82) is 0 Å². The molecule has 13 heavy (non-hydrogen) atoms. The Balaban J connectivity index is 2.35. The Morgan fingerprint density at radius 2 is 2.23 bits per heavy atom. The van der Waals surface area contributed by atoms with Crippen LogP contribution in [-0.2, 0) is 4.79 Å². The lowest BCUT2D eigenvalue weighted by molar-refractivity contribution is -0.118. The van der Waals surface area contributed by atoms with Crippen LogP contribution in [0.2, 0.25) is 0 Å². The highest BCUT2D eigenvalue weighted by Crippen LogP contribution is 2.46. The molecule has 0 N–H and O–H groups in total.